The number of aliphatic hydroxyl groups excluding tert-OH is 1. The molecular weight excluding hydrogens is 522 g/mol. The molecule has 4 N–H and O–H groups in total. The topological polar surface area (TPSA) is 163 Å². The Morgan fingerprint density at radius 1 is 1.18 bits per heavy atom. The van der Waals surface area contributed by atoms with Crippen LogP contribution in [0.2, 0.25) is 0 Å². The highest BCUT2D eigenvalue weighted by molar-refractivity contribution is 5.84. The van der Waals surface area contributed by atoms with Crippen molar-refractivity contribution >= 4 is 17.9 Å². The second kappa shape index (κ2) is 9.33. The summed E-state index contributed by atoms with van der Waals surface area (Å²) in [6.45, 7) is 0.652. The van der Waals surface area contributed by atoms with Gasteiger partial charge in [0, 0.05) is 23.6 Å². The largest absolute Gasteiger partial charge is 0.504 e. The molecule has 1 fully saturated rings. The number of carboxylic acid groups (broad SMARTS) is 1. The second-order valence-corrected chi connectivity index (χ2v) is 10.9. The Kier molecular flexibility index (Phi) is 6.13. The Morgan fingerprint density at radius 2 is 1.93 bits per heavy atom. The molecule has 2 aliphatic carbocycles. The van der Waals surface area contributed by atoms with Gasteiger partial charge in [0.15, 0.2) is 23.7 Å². The fourth-order valence-corrected chi connectivity index (χ4v) is 6.91. The fraction of sp³-hybridized carbons (Fsp3) is 0.414. The second-order valence-electron chi connectivity index (χ2n) is 10.9. The number of aromatic hydroxyl groups is 1. The van der Waals surface area contributed by atoms with Gasteiger partial charge in [0.2, 0.25) is 6.10 Å². The van der Waals surface area contributed by atoms with Crippen LogP contribution in [0.4, 0.5) is 0 Å². The zero-order valence-corrected chi connectivity index (χ0v) is 21.6. The Bertz CT molecular complexity index is 1420. The summed E-state index contributed by atoms with van der Waals surface area (Å²) in [6, 6.07) is 11.3. The van der Waals surface area contributed by atoms with Crippen molar-refractivity contribution in [3.8, 4) is 11.5 Å². The molecule has 0 amide bonds. The number of aliphatic hydroxyl groups is 2. The molecule has 2 unspecified atom stereocenters. The number of ether oxygens (including phenoxy) is 3. The maximum absolute atomic E-state index is 13.6. The minimum Gasteiger partial charge on any atom is -0.504 e. The monoisotopic (exact) mass is 551 g/mol. The number of nitrogens with zero attached hydrogens (tertiary/aromatic N) is 1. The summed E-state index contributed by atoms with van der Waals surface area (Å²) in [5.74, 6) is -3.33. The predicted octanol–water partition coefficient (Wildman–Crippen LogP) is 1.33. The van der Waals surface area contributed by atoms with Crippen molar-refractivity contribution in [3.05, 3.63) is 71.0 Å². The van der Waals surface area contributed by atoms with E-state index < -0.39 is 53.7 Å². The zero-order valence-electron chi connectivity index (χ0n) is 21.6. The number of piperidine rings is 1. The molecule has 210 valence electrons. The van der Waals surface area contributed by atoms with Crippen LogP contribution in [-0.4, -0.2) is 80.7 Å². The molecular formula is C29H29NO10. The smallest absolute Gasteiger partial charge is 0.357 e. The Morgan fingerprint density at radius 3 is 2.65 bits per heavy atom. The first-order valence-corrected chi connectivity index (χ1v) is 13.1. The number of likely N-dealkylation sites (tertiary alicyclic amines) is 1. The molecule has 1 saturated heterocycles. The van der Waals surface area contributed by atoms with Gasteiger partial charge >= 0.3 is 17.9 Å². The van der Waals surface area contributed by atoms with Crippen molar-refractivity contribution in [2.45, 2.75) is 61.1 Å². The fourth-order valence-electron chi connectivity index (χ4n) is 6.91. The van der Waals surface area contributed by atoms with Crippen LogP contribution in [0.5, 0.6) is 11.5 Å². The number of phenols is 1. The van der Waals surface area contributed by atoms with Gasteiger partial charge in [-0.2, -0.15) is 0 Å². The molecule has 2 heterocycles. The quantitative estimate of drug-likeness (QED) is 0.367. The van der Waals surface area contributed by atoms with Crippen molar-refractivity contribution in [2.24, 2.45) is 0 Å². The highest BCUT2D eigenvalue weighted by Gasteiger charge is 2.72. The molecule has 0 radical (unpaired) electrons. The zero-order chi connectivity index (χ0) is 28.4. The summed E-state index contributed by atoms with van der Waals surface area (Å²) < 4.78 is 17.5. The first kappa shape index (κ1) is 26.3. The van der Waals surface area contributed by atoms with Crippen LogP contribution in [0.1, 0.15) is 42.1 Å². The number of benzene rings is 2. The van der Waals surface area contributed by atoms with E-state index in [9.17, 15) is 29.7 Å². The summed E-state index contributed by atoms with van der Waals surface area (Å²) in [6.07, 6.45) is -2.49. The normalized spacial score (nSPS) is 29.3. The molecule has 0 saturated carbocycles. The number of likely N-dealkylation sites (N-methyl/N-ethyl adjacent to an activating group) is 1. The average molecular weight is 552 g/mol. The Labute approximate surface area is 229 Å². The van der Waals surface area contributed by atoms with E-state index in [0.717, 1.165) is 11.1 Å². The van der Waals surface area contributed by atoms with Gasteiger partial charge in [0.1, 0.15) is 5.76 Å². The lowest BCUT2D eigenvalue weighted by Crippen LogP contribution is -2.74. The molecule has 40 heavy (non-hydrogen) atoms. The van der Waals surface area contributed by atoms with Crippen LogP contribution in [0, 0.1) is 0 Å². The van der Waals surface area contributed by atoms with E-state index in [1.807, 2.05) is 13.1 Å². The number of carbonyl (C=O) groups excluding carboxylic acids is 2. The van der Waals surface area contributed by atoms with Crippen molar-refractivity contribution < 1.29 is 49.0 Å². The van der Waals surface area contributed by atoms with E-state index in [2.05, 4.69) is 4.90 Å². The van der Waals surface area contributed by atoms with Crippen molar-refractivity contribution in [1.29, 1.82) is 0 Å². The van der Waals surface area contributed by atoms with Gasteiger partial charge in [0.25, 0.3) is 0 Å². The van der Waals surface area contributed by atoms with Crippen LogP contribution in [-0.2, 0) is 35.7 Å². The summed E-state index contributed by atoms with van der Waals surface area (Å²) in [7, 11) is 1.96. The Balaban J connectivity index is 1.34. The number of carbonyl (C=O) groups is 3. The third kappa shape index (κ3) is 3.72. The van der Waals surface area contributed by atoms with Crippen LogP contribution < -0.4 is 4.74 Å². The Hall–Kier alpha value is -3.93. The molecule has 2 aromatic carbocycles. The van der Waals surface area contributed by atoms with E-state index in [1.54, 1.807) is 42.5 Å². The van der Waals surface area contributed by atoms with Gasteiger partial charge in [-0.1, -0.05) is 36.4 Å². The number of phenolic OH excluding ortho intramolecular Hbond substituents is 1. The third-order valence-corrected chi connectivity index (χ3v) is 8.78. The summed E-state index contributed by atoms with van der Waals surface area (Å²) in [5.41, 5.74) is -0.243. The number of hydrogen-bond acceptors (Lipinski definition) is 10. The van der Waals surface area contributed by atoms with Gasteiger partial charge in [-0.05, 0) is 44.1 Å². The maximum atomic E-state index is 13.6. The lowest BCUT2D eigenvalue weighted by Gasteiger charge is -2.61. The minimum absolute atomic E-state index is 0.0685. The minimum atomic E-state index is -1.99. The van der Waals surface area contributed by atoms with Gasteiger partial charge < -0.3 is 39.5 Å². The molecule has 0 aromatic heterocycles. The molecule has 4 aliphatic rings. The van der Waals surface area contributed by atoms with E-state index in [0.29, 0.717) is 19.4 Å². The molecule has 1 spiro atoms. The molecule has 11 heteroatoms. The first-order chi connectivity index (χ1) is 19.1. The van der Waals surface area contributed by atoms with E-state index in [4.69, 9.17) is 19.3 Å². The van der Waals surface area contributed by atoms with Crippen LogP contribution in [0.3, 0.4) is 0 Å². The first-order valence-electron chi connectivity index (χ1n) is 13.1. The molecule has 6 rings (SSSR count). The highest BCUT2D eigenvalue weighted by Crippen LogP contribution is 2.65. The van der Waals surface area contributed by atoms with Crippen molar-refractivity contribution in [1.82, 2.24) is 4.90 Å². The molecule has 2 aromatic rings. The standard InChI is InChI=1S/C29H29NO10/c1-30-12-11-28-22-16-7-8-17(31)24(22)40-25(28)19(9-10-29(28,37)20(30)13-16)38-27(36)23(15-5-3-2-4-6-15)39-21(33)14-18(32)26(34)35/h2-9,18,20,23,25,31-32,37H,10-14H2,1H3,(H,34,35)/t18?,20-,23?,25+,28+,29-/m1/s1. The van der Waals surface area contributed by atoms with E-state index in [1.165, 1.54) is 0 Å². The highest BCUT2D eigenvalue weighted by atomic mass is 16.6. The summed E-state index contributed by atoms with van der Waals surface area (Å²) in [5, 5.41) is 41.4. The van der Waals surface area contributed by atoms with Gasteiger partial charge in [-0.15, -0.1) is 0 Å². The summed E-state index contributed by atoms with van der Waals surface area (Å²) in [4.78, 5) is 39.1. The number of esters is 2. The lowest BCUT2D eigenvalue weighted by molar-refractivity contribution is -0.177. The van der Waals surface area contributed by atoms with E-state index >= 15 is 0 Å². The van der Waals surface area contributed by atoms with Crippen LogP contribution >= 0.6 is 0 Å². The van der Waals surface area contributed by atoms with Gasteiger partial charge in [-0.3, -0.25) is 4.79 Å². The van der Waals surface area contributed by atoms with Crippen molar-refractivity contribution in [3.63, 3.8) is 0 Å². The van der Waals surface area contributed by atoms with E-state index in [-0.39, 0.29) is 35.3 Å². The molecule has 6 atom stereocenters. The maximum Gasteiger partial charge on any atom is 0.357 e. The molecule has 2 bridgehead atoms. The SMILES string of the molecule is CN1CC[C@]23c4c5ccc(O)c4O[C@H]2C(OC(=O)C(OC(=O)CC(O)C(=O)O)c2ccccc2)=CC[C@@]3(O)[C@H]1C5. The lowest BCUT2D eigenvalue weighted by atomic mass is 9.50. The van der Waals surface area contributed by atoms with Crippen LogP contribution in [0.25, 0.3) is 0 Å². The molecule has 2 aliphatic heterocycles. The summed E-state index contributed by atoms with van der Waals surface area (Å²) >= 11 is 0. The third-order valence-electron chi connectivity index (χ3n) is 8.78. The molecule has 11 nitrogen and oxygen atoms in total. The van der Waals surface area contributed by atoms with Gasteiger partial charge in [-0.25, -0.2) is 9.59 Å². The number of hydrogen-bond donors (Lipinski definition) is 4. The number of rotatable bonds is 7. The number of aliphatic carboxylic acids is 1. The van der Waals surface area contributed by atoms with Crippen LogP contribution in [0.15, 0.2) is 54.3 Å². The predicted molar refractivity (Wildman–Crippen MR) is 136 cm³/mol. The van der Waals surface area contributed by atoms with Gasteiger partial charge in [0.05, 0.1) is 17.4 Å². The average Bonchev–Trinajstić information content (AvgIpc) is 3.29. The number of carboxylic acids is 1. The van der Waals surface area contributed by atoms with Crippen molar-refractivity contribution in [2.75, 3.05) is 13.6 Å².